The molecule has 0 aliphatic heterocycles. The van der Waals surface area contributed by atoms with Crippen molar-refractivity contribution in [2.24, 2.45) is 0 Å². The molecule has 0 fully saturated rings. The second-order valence-electron chi connectivity index (χ2n) is 5.57. The minimum atomic E-state index is 0. The van der Waals surface area contributed by atoms with Gasteiger partial charge in [0.15, 0.2) is 0 Å². The third kappa shape index (κ3) is 7.36. The molecule has 0 saturated carbocycles. The molecular formula is C20H28. The first kappa shape index (κ1) is 17.9. The van der Waals surface area contributed by atoms with E-state index in [1.54, 1.807) is 13.8 Å². The summed E-state index contributed by atoms with van der Waals surface area (Å²) < 4.78 is 0. The lowest BCUT2D eigenvalue weighted by molar-refractivity contribution is 0.586. The van der Waals surface area contributed by atoms with E-state index < -0.39 is 0 Å². The topological polar surface area (TPSA) is 0 Å². The van der Waals surface area contributed by atoms with Crippen molar-refractivity contribution in [3.05, 3.63) is 34.9 Å². The van der Waals surface area contributed by atoms with Crippen LogP contribution >= 0.6 is 0 Å². The molecule has 0 N–H and O–H groups in total. The highest BCUT2D eigenvalue weighted by Crippen LogP contribution is 2.25. The monoisotopic (exact) mass is 268 g/mol. The van der Waals surface area contributed by atoms with Gasteiger partial charge in [0.25, 0.3) is 0 Å². The lowest BCUT2D eigenvalue weighted by atomic mass is 9.84. The Hall–Kier alpha value is -2.10. The molecule has 0 aromatic heterocycles. The molecule has 0 saturated heterocycles. The lowest BCUT2D eigenvalue weighted by Crippen LogP contribution is -2.12. The summed E-state index contributed by atoms with van der Waals surface area (Å²) in [6.45, 7) is 14.6. The van der Waals surface area contributed by atoms with Gasteiger partial charge in [0.2, 0.25) is 0 Å². The normalized spacial score (nSPS) is 8.55. The number of benzene rings is 1. The largest absolute Gasteiger partial charge is 0.0925 e. The molecule has 0 heterocycles. The predicted molar refractivity (Wildman–Crippen MR) is 93.5 cm³/mol. The van der Waals surface area contributed by atoms with E-state index in [-0.39, 0.29) is 8.27 Å². The zero-order chi connectivity index (χ0) is 15.6. The molecule has 0 spiro atoms. The molecule has 1 aromatic carbocycles. The van der Waals surface area contributed by atoms with Crippen molar-refractivity contribution in [1.29, 1.82) is 0 Å². The average molecular weight is 268 g/mol. The van der Waals surface area contributed by atoms with Crippen molar-refractivity contribution in [2.75, 3.05) is 0 Å². The molecule has 1 rings (SSSR count). The summed E-state index contributed by atoms with van der Waals surface area (Å²) in [7, 11) is 0. The highest BCUT2D eigenvalue weighted by Gasteiger charge is 2.15. The van der Waals surface area contributed by atoms with Crippen molar-refractivity contribution >= 4 is 0 Å². The third-order valence-corrected chi connectivity index (χ3v) is 2.63. The van der Waals surface area contributed by atoms with Gasteiger partial charge in [-0.25, -0.2) is 0 Å². The average Bonchev–Trinajstić information content (AvgIpc) is 2.34. The minimum Gasteiger partial charge on any atom is -0.0925 e. The van der Waals surface area contributed by atoms with E-state index in [1.807, 2.05) is 0 Å². The van der Waals surface area contributed by atoms with Gasteiger partial charge in [0.1, 0.15) is 0 Å². The molecule has 0 heteroatoms. The fourth-order valence-electron chi connectivity index (χ4n) is 1.84. The van der Waals surface area contributed by atoms with E-state index in [4.69, 9.17) is 0 Å². The first-order valence-electron chi connectivity index (χ1n) is 6.74. The van der Waals surface area contributed by atoms with Gasteiger partial charge in [-0.3, -0.25) is 0 Å². The van der Waals surface area contributed by atoms with E-state index in [0.29, 0.717) is 0 Å². The van der Waals surface area contributed by atoms with Crippen LogP contribution < -0.4 is 0 Å². The molecular weight excluding hydrogens is 240 g/mol. The SMILES string of the molecule is CC#CC#CC#CC.Cc1ccc(C(C)(C)C)c(C)c1.[HH].[HH]. The number of hydrogen-bond acceptors (Lipinski definition) is 0. The van der Waals surface area contributed by atoms with Crippen molar-refractivity contribution in [1.82, 2.24) is 0 Å². The molecule has 0 unspecified atom stereocenters. The predicted octanol–water partition coefficient (Wildman–Crippen LogP) is 5.13. The van der Waals surface area contributed by atoms with E-state index in [2.05, 4.69) is 88.3 Å². The van der Waals surface area contributed by atoms with Gasteiger partial charge < -0.3 is 0 Å². The van der Waals surface area contributed by atoms with Crippen molar-refractivity contribution in [3.8, 4) is 35.5 Å². The van der Waals surface area contributed by atoms with Crippen LogP contribution in [0.15, 0.2) is 18.2 Å². The van der Waals surface area contributed by atoms with E-state index in [1.165, 1.54) is 16.7 Å². The Labute approximate surface area is 128 Å². The fraction of sp³-hybridized carbons (Fsp3) is 0.400. The zero-order valence-electron chi connectivity index (χ0n) is 13.7. The van der Waals surface area contributed by atoms with Crippen molar-refractivity contribution in [3.63, 3.8) is 0 Å². The van der Waals surface area contributed by atoms with Crippen molar-refractivity contribution in [2.45, 2.75) is 53.9 Å². The third-order valence-electron chi connectivity index (χ3n) is 2.63. The summed E-state index contributed by atoms with van der Waals surface area (Å²) in [5.41, 5.74) is 4.48. The number of aryl methyl sites for hydroxylation is 2. The van der Waals surface area contributed by atoms with E-state index in [9.17, 15) is 0 Å². The van der Waals surface area contributed by atoms with Crippen LogP contribution in [0.5, 0.6) is 0 Å². The van der Waals surface area contributed by atoms with Crippen molar-refractivity contribution < 1.29 is 2.85 Å². The second-order valence-corrected chi connectivity index (χ2v) is 5.57. The molecule has 0 aliphatic carbocycles. The van der Waals surface area contributed by atoms with Gasteiger partial charge in [-0.2, -0.15) is 0 Å². The summed E-state index contributed by atoms with van der Waals surface area (Å²) >= 11 is 0. The first-order chi connectivity index (χ1) is 9.32. The first-order valence-corrected chi connectivity index (χ1v) is 6.74. The molecule has 0 aliphatic rings. The lowest BCUT2D eigenvalue weighted by Gasteiger charge is -2.21. The van der Waals surface area contributed by atoms with Crippen LogP contribution in [0.4, 0.5) is 0 Å². The summed E-state index contributed by atoms with van der Waals surface area (Å²) in [6.07, 6.45) is 0. The van der Waals surface area contributed by atoms with Crippen LogP contribution in [-0.4, -0.2) is 0 Å². The Balaban J connectivity index is -0.000000323. The molecule has 0 amide bonds. The molecule has 0 bridgehead atoms. The molecule has 0 nitrogen and oxygen atoms in total. The maximum Gasteiger partial charge on any atom is 0 e. The second kappa shape index (κ2) is 8.91. The van der Waals surface area contributed by atoms with Gasteiger partial charge in [0, 0.05) is 2.85 Å². The van der Waals surface area contributed by atoms with Crippen LogP contribution in [0.25, 0.3) is 0 Å². The minimum absolute atomic E-state index is 0. The van der Waals surface area contributed by atoms with Crippen LogP contribution in [0.3, 0.4) is 0 Å². The number of rotatable bonds is 0. The maximum atomic E-state index is 2.64. The Morgan fingerprint density at radius 2 is 1.35 bits per heavy atom. The van der Waals surface area contributed by atoms with Gasteiger partial charge >= 0.3 is 0 Å². The Morgan fingerprint density at radius 1 is 0.850 bits per heavy atom. The van der Waals surface area contributed by atoms with Gasteiger partial charge in [-0.15, -0.1) is 0 Å². The quantitative estimate of drug-likeness (QED) is 0.572. The molecule has 108 valence electrons. The maximum absolute atomic E-state index is 2.64. The summed E-state index contributed by atoms with van der Waals surface area (Å²) in [5.74, 6) is 15.5. The van der Waals surface area contributed by atoms with Crippen LogP contribution in [0.2, 0.25) is 0 Å². The Bertz CT molecular complexity index is 591. The van der Waals surface area contributed by atoms with Crippen LogP contribution in [0.1, 0.15) is 54.2 Å². The zero-order valence-corrected chi connectivity index (χ0v) is 13.7. The summed E-state index contributed by atoms with van der Waals surface area (Å²) in [5, 5.41) is 0. The Kier molecular flexibility index (Phi) is 7.97. The molecule has 1 aromatic rings. The molecule has 0 atom stereocenters. The number of hydrogen-bond donors (Lipinski definition) is 0. The molecule has 20 heavy (non-hydrogen) atoms. The van der Waals surface area contributed by atoms with E-state index >= 15 is 0 Å². The summed E-state index contributed by atoms with van der Waals surface area (Å²) in [4.78, 5) is 0. The highest BCUT2D eigenvalue weighted by atomic mass is 14.2. The van der Waals surface area contributed by atoms with E-state index in [0.717, 1.165) is 0 Å². The van der Waals surface area contributed by atoms with Crippen LogP contribution in [-0.2, 0) is 5.41 Å². The van der Waals surface area contributed by atoms with Gasteiger partial charge in [-0.05, 0) is 67.9 Å². The highest BCUT2D eigenvalue weighted by molar-refractivity contribution is 5.35. The van der Waals surface area contributed by atoms with Gasteiger partial charge in [-0.1, -0.05) is 56.4 Å². The van der Waals surface area contributed by atoms with Gasteiger partial charge in [0.05, 0.1) is 0 Å². The molecule has 0 radical (unpaired) electrons. The standard InChI is InChI=1S/C12H18.C8H6.2H2/c1-9-6-7-11(10(2)8-9)12(3,4)5;1-3-5-7-8-6-4-2;;/h6-8H,1-5H3;1-2H3;2*1H. The summed E-state index contributed by atoms with van der Waals surface area (Å²) in [6, 6.07) is 6.68. The Morgan fingerprint density at radius 3 is 1.70 bits per heavy atom. The van der Waals surface area contributed by atoms with Crippen LogP contribution in [0, 0.1) is 49.4 Å². The smallest absolute Gasteiger partial charge is 0 e. The fourth-order valence-corrected chi connectivity index (χ4v) is 1.84.